The zero-order chi connectivity index (χ0) is 15.1. The molecule has 0 spiro atoms. The van der Waals surface area contributed by atoms with E-state index in [2.05, 4.69) is 23.9 Å². The van der Waals surface area contributed by atoms with Gasteiger partial charge in [-0.3, -0.25) is 9.59 Å². The van der Waals surface area contributed by atoms with Crippen LogP contribution in [0.5, 0.6) is 0 Å². The fourth-order valence-electron chi connectivity index (χ4n) is 2.35. The SMILES string of the molecule is COC(=O)CCN(CC(C)C)C(=O)C1CC(OC)CN1. The number of nitrogens with zero attached hydrogens (tertiary/aromatic N) is 1. The Kier molecular flexibility index (Phi) is 6.95. The molecule has 0 saturated carbocycles. The Morgan fingerprint density at radius 2 is 2.05 bits per heavy atom. The van der Waals surface area contributed by atoms with Gasteiger partial charge in [0.15, 0.2) is 0 Å². The number of esters is 1. The minimum Gasteiger partial charge on any atom is -0.469 e. The Labute approximate surface area is 120 Å². The summed E-state index contributed by atoms with van der Waals surface area (Å²) in [5, 5.41) is 3.18. The second kappa shape index (κ2) is 8.21. The van der Waals surface area contributed by atoms with Crippen molar-refractivity contribution in [3.63, 3.8) is 0 Å². The maximum atomic E-state index is 12.5. The van der Waals surface area contributed by atoms with Gasteiger partial charge in [-0.1, -0.05) is 13.8 Å². The first-order chi connectivity index (χ1) is 9.47. The van der Waals surface area contributed by atoms with E-state index in [4.69, 9.17) is 4.74 Å². The monoisotopic (exact) mass is 286 g/mol. The molecule has 116 valence electrons. The van der Waals surface area contributed by atoms with Crippen LogP contribution in [0.4, 0.5) is 0 Å². The van der Waals surface area contributed by atoms with Gasteiger partial charge in [-0.25, -0.2) is 0 Å². The van der Waals surface area contributed by atoms with Crippen LogP contribution in [-0.4, -0.2) is 62.8 Å². The normalized spacial score (nSPS) is 22.1. The molecule has 2 unspecified atom stereocenters. The fraction of sp³-hybridized carbons (Fsp3) is 0.857. The van der Waals surface area contributed by atoms with Crippen LogP contribution in [0.3, 0.4) is 0 Å². The predicted octanol–water partition coefficient (Wildman–Crippen LogP) is 0.411. The average Bonchev–Trinajstić information content (AvgIpc) is 2.90. The third kappa shape index (κ3) is 5.09. The number of rotatable bonds is 7. The highest BCUT2D eigenvalue weighted by Crippen LogP contribution is 2.13. The Morgan fingerprint density at radius 1 is 1.35 bits per heavy atom. The van der Waals surface area contributed by atoms with E-state index in [1.54, 1.807) is 12.0 Å². The molecule has 0 aromatic rings. The van der Waals surface area contributed by atoms with Gasteiger partial charge in [-0.15, -0.1) is 0 Å². The second-order valence-electron chi connectivity index (χ2n) is 5.56. The van der Waals surface area contributed by atoms with Crippen LogP contribution in [0, 0.1) is 5.92 Å². The van der Waals surface area contributed by atoms with Crippen molar-refractivity contribution in [2.75, 3.05) is 33.9 Å². The Bertz CT molecular complexity index is 333. The van der Waals surface area contributed by atoms with Crippen molar-refractivity contribution in [3.05, 3.63) is 0 Å². The third-order valence-corrected chi connectivity index (χ3v) is 3.43. The van der Waals surface area contributed by atoms with E-state index in [1.807, 2.05) is 0 Å². The van der Waals surface area contributed by atoms with Gasteiger partial charge in [-0.2, -0.15) is 0 Å². The van der Waals surface area contributed by atoms with Gasteiger partial charge in [0.2, 0.25) is 5.91 Å². The van der Waals surface area contributed by atoms with Crippen LogP contribution in [0.25, 0.3) is 0 Å². The predicted molar refractivity (Wildman–Crippen MR) is 75.3 cm³/mol. The van der Waals surface area contributed by atoms with Gasteiger partial charge < -0.3 is 19.7 Å². The highest BCUT2D eigenvalue weighted by Gasteiger charge is 2.32. The van der Waals surface area contributed by atoms with Crippen molar-refractivity contribution in [3.8, 4) is 0 Å². The summed E-state index contributed by atoms with van der Waals surface area (Å²) in [5.74, 6) is 0.110. The van der Waals surface area contributed by atoms with Crippen molar-refractivity contribution < 1.29 is 19.1 Å². The van der Waals surface area contributed by atoms with Crippen molar-refractivity contribution in [1.29, 1.82) is 0 Å². The van der Waals surface area contributed by atoms with Crippen LogP contribution in [0.1, 0.15) is 26.7 Å². The maximum absolute atomic E-state index is 12.5. The van der Waals surface area contributed by atoms with Crippen molar-refractivity contribution >= 4 is 11.9 Å². The summed E-state index contributed by atoms with van der Waals surface area (Å²) < 4.78 is 9.89. The van der Waals surface area contributed by atoms with E-state index in [1.165, 1.54) is 7.11 Å². The quantitative estimate of drug-likeness (QED) is 0.687. The van der Waals surface area contributed by atoms with Crippen LogP contribution >= 0.6 is 0 Å². The molecule has 2 atom stereocenters. The number of nitrogens with one attached hydrogen (secondary N) is 1. The van der Waals surface area contributed by atoms with Crippen molar-refractivity contribution in [1.82, 2.24) is 10.2 Å². The molecule has 0 aliphatic carbocycles. The summed E-state index contributed by atoms with van der Waals surface area (Å²) in [7, 11) is 3.01. The largest absolute Gasteiger partial charge is 0.469 e. The number of methoxy groups -OCH3 is 2. The summed E-state index contributed by atoms with van der Waals surface area (Å²) >= 11 is 0. The topological polar surface area (TPSA) is 67.9 Å². The lowest BCUT2D eigenvalue weighted by atomic mass is 10.1. The minimum atomic E-state index is -0.291. The molecule has 1 N–H and O–H groups in total. The Hall–Kier alpha value is -1.14. The molecule has 1 aliphatic rings. The number of hydrogen-bond acceptors (Lipinski definition) is 5. The molecule has 0 aromatic heterocycles. The van der Waals surface area contributed by atoms with Gasteiger partial charge >= 0.3 is 5.97 Å². The lowest BCUT2D eigenvalue weighted by molar-refractivity contribution is -0.142. The van der Waals surface area contributed by atoms with E-state index in [9.17, 15) is 9.59 Å². The summed E-state index contributed by atoms with van der Waals surface area (Å²) in [6, 6.07) is -0.212. The highest BCUT2D eigenvalue weighted by molar-refractivity contribution is 5.83. The van der Waals surface area contributed by atoms with Gasteiger partial charge in [0, 0.05) is 26.7 Å². The smallest absolute Gasteiger partial charge is 0.307 e. The summed E-state index contributed by atoms with van der Waals surface area (Å²) in [4.78, 5) is 25.5. The number of carbonyl (C=O) groups is 2. The molecule has 6 heteroatoms. The first kappa shape index (κ1) is 16.9. The number of ether oxygens (including phenoxy) is 2. The van der Waals surface area contributed by atoms with Crippen LogP contribution < -0.4 is 5.32 Å². The lowest BCUT2D eigenvalue weighted by Crippen LogP contribution is -2.45. The van der Waals surface area contributed by atoms with Crippen molar-refractivity contribution in [2.24, 2.45) is 5.92 Å². The molecule has 0 radical (unpaired) electrons. The molecule has 1 aliphatic heterocycles. The first-order valence-electron chi connectivity index (χ1n) is 7.09. The van der Waals surface area contributed by atoms with E-state index in [0.717, 1.165) is 0 Å². The van der Waals surface area contributed by atoms with Gasteiger partial charge in [0.05, 0.1) is 25.7 Å². The van der Waals surface area contributed by atoms with E-state index >= 15 is 0 Å². The number of amides is 1. The summed E-state index contributed by atoms with van der Waals surface area (Å²) in [5.41, 5.74) is 0. The van der Waals surface area contributed by atoms with Crippen LogP contribution in [-0.2, 0) is 19.1 Å². The van der Waals surface area contributed by atoms with E-state index in [0.29, 0.717) is 32.0 Å². The molecule has 0 bridgehead atoms. The number of hydrogen-bond donors (Lipinski definition) is 1. The molecule has 0 aromatic carbocycles. The molecule has 1 fully saturated rings. The third-order valence-electron chi connectivity index (χ3n) is 3.43. The molecular formula is C14H26N2O4. The molecule has 6 nitrogen and oxygen atoms in total. The minimum absolute atomic E-state index is 0.0437. The fourth-order valence-corrected chi connectivity index (χ4v) is 2.35. The second-order valence-corrected chi connectivity index (χ2v) is 5.56. The summed E-state index contributed by atoms with van der Waals surface area (Å²) in [6.45, 7) is 5.85. The van der Waals surface area contributed by atoms with Gasteiger partial charge in [-0.05, 0) is 12.3 Å². The lowest BCUT2D eigenvalue weighted by Gasteiger charge is -2.27. The van der Waals surface area contributed by atoms with Gasteiger partial charge in [0.1, 0.15) is 0 Å². The zero-order valence-electron chi connectivity index (χ0n) is 12.8. The van der Waals surface area contributed by atoms with Crippen LogP contribution in [0.15, 0.2) is 0 Å². The Balaban J connectivity index is 2.57. The molecule has 1 rings (SSSR count). The first-order valence-corrected chi connectivity index (χ1v) is 7.09. The van der Waals surface area contributed by atoms with Crippen LogP contribution in [0.2, 0.25) is 0 Å². The summed E-state index contributed by atoms with van der Waals surface area (Å²) in [6.07, 6.45) is 1.00. The number of carbonyl (C=O) groups excluding carboxylic acids is 2. The molecule has 1 heterocycles. The molecule has 20 heavy (non-hydrogen) atoms. The van der Waals surface area contributed by atoms with Crippen molar-refractivity contribution in [2.45, 2.75) is 38.8 Å². The zero-order valence-corrected chi connectivity index (χ0v) is 12.8. The van der Waals surface area contributed by atoms with Gasteiger partial charge in [0.25, 0.3) is 0 Å². The molecule has 1 amide bonds. The average molecular weight is 286 g/mol. The van der Waals surface area contributed by atoms with E-state index in [-0.39, 0.29) is 30.4 Å². The Morgan fingerprint density at radius 3 is 2.55 bits per heavy atom. The van der Waals surface area contributed by atoms with E-state index < -0.39 is 0 Å². The maximum Gasteiger partial charge on any atom is 0.307 e. The highest BCUT2D eigenvalue weighted by atomic mass is 16.5. The molecule has 1 saturated heterocycles. The molecular weight excluding hydrogens is 260 g/mol. The standard InChI is InChI=1S/C14H26N2O4/c1-10(2)9-16(6-5-13(17)20-4)14(18)12-7-11(19-3)8-15-12/h10-12,15H,5-9H2,1-4H3.